The van der Waals surface area contributed by atoms with E-state index in [1.54, 1.807) is 0 Å². The summed E-state index contributed by atoms with van der Waals surface area (Å²) < 4.78 is 6.68. The molecule has 1 amide bonds. The molecule has 1 aromatic carbocycles. The van der Waals surface area contributed by atoms with E-state index in [4.69, 9.17) is 4.74 Å². The molecule has 0 radical (unpaired) electrons. The van der Waals surface area contributed by atoms with Crippen LogP contribution in [0, 0.1) is 3.57 Å². The number of ether oxygens (including phenoxy) is 1. The van der Waals surface area contributed by atoms with Crippen molar-refractivity contribution in [1.29, 1.82) is 0 Å². The molecule has 0 spiro atoms. The fourth-order valence-corrected chi connectivity index (χ4v) is 2.99. The van der Waals surface area contributed by atoms with Crippen molar-refractivity contribution in [3.63, 3.8) is 0 Å². The predicted molar refractivity (Wildman–Crippen MR) is 93.6 cm³/mol. The van der Waals surface area contributed by atoms with Crippen LogP contribution in [-0.4, -0.2) is 35.7 Å². The van der Waals surface area contributed by atoms with Gasteiger partial charge in [0.15, 0.2) is 0 Å². The Bertz CT molecular complexity index is 499. The highest BCUT2D eigenvalue weighted by molar-refractivity contribution is 14.1. The summed E-state index contributed by atoms with van der Waals surface area (Å²) in [6.07, 6.45) is 1.86. The minimum absolute atomic E-state index is 0.200. The molecule has 1 N–H and O–H groups in total. The molecule has 1 atom stereocenters. The first kappa shape index (κ1) is 16.4. The lowest BCUT2D eigenvalue weighted by atomic mass is 10.2. The zero-order valence-corrected chi connectivity index (χ0v) is 15.0. The second-order valence-corrected chi connectivity index (χ2v) is 7.61. The number of benzene rings is 1. The van der Waals surface area contributed by atoms with E-state index in [1.807, 2.05) is 31.7 Å². The van der Waals surface area contributed by atoms with E-state index in [0.717, 1.165) is 31.6 Å². The number of nitrogens with one attached hydrogen (secondary N) is 1. The van der Waals surface area contributed by atoms with Crippen LogP contribution in [0.15, 0.2) is 24.3 Å². The molecule has 4 nitrogen and oxygen atoms in total. The number of amides is 1. The highest BCUT2D eigenvalue weighted by atomic mass is 127. The van der Waals surface area contributed by atoms with Crippen LogP contribution in [0.25, 0.3) is 0 Å². The quantitative estimate of drug-likeness (QED) is 0.775. The fraction of sp³-hybridized carbons (Fsp3) is 0.562. The van der Waals surface area contributed by atoms with Crippen molar-refractivity contribution in [2.24, 2.45) is 0 Å². The topological polar surface area (TPSA) is 41.6 Å². The molecule has 2 rings (SSSR count). The maximum absolute atomic E-state index is 12.2. The van der Waals surface area contributed by atoms with Gasteiger partial charge in [-0.3, -0.25) is 0 Å². The molecule has 1 fully saturated rings. The van der Waals surface area contributed by atoms with Crippen molar-refractivity contribution in [3.8, 4) is 0 Å². The predicted octanol–water partition coefficient (Wildman–Crippen LogP) is 4.10. The minimum Gasteiger partial charge on any atom is -0.444 e. The van der Waals surface area contributed by atoms with E-state index in [1.165, 1.54) is 3.57 Å². The number of hydrogen-bond acceptors (Lipinski definition) is 3. The Labute approximate surface area is 140 Å². The Morgan fingerprint density at radius 3 is 2.90 bits per heavy atom. The molecule has 21 heavy (non-hydrogen) atoms. The summed E-state index contributed by atoms with van der Waals surface area (Å²) in [6.45, 7) is 7.26. The number of carbonyl (C=O) groups is 1. The maximum Gasteiger partial charge on any atom is 0.410 e. The lowest BCUT2D eigenvalue weighted by Crippen LogP contribution is -2.42. The average molecular weight is 402 g/mol. The summed E-state index contributed by atoms with van der Waals surface area (Å²) in [4.78, 5) is 14.1. The molecule has 1 aliphatic rings. The van der Waals surface area contributed by atoms with Crippen LogP contribution in [0.2, 0.25) is 0 Å². The smallest absolute Gasteiger partial charge is 0.410 e. The number of carbonyl (C=O) groups excluding carboxylic acids is 1. The van der Waals surface area contributed by atoms with Gasteiger partial charge in [-0.15, -0.1) is 0 Å². The Morgan fingerprint density at radius 2 is 2.24 bits per heavy atom. The Kier molecular flexibility index (Phi) is 5.35. The van der Waals surface area contributed by atoms with Gasteiger partial charge in [-0.2, -0.15) is 0 Å². The van der Waals surface area contributed by atoms with Gasteiger partial charge >= 0.3 is 6.09 Å². The molecule has 0 bridgehead atoms. The third-order valence-electron chi connectivity index (χ3n) is 3.37. The number of anilines is 1. The van der Waals surface area contributed by atoms with Crippen LogP contribution in [0.5, 0.6) is 0 Å². The van der Waals surface area contributed by atoms with Crippen molar-refractivity contribution in [2.75, 3.05) is 18.4 Å². The molecule has 0 saturated carbocycles. The standard InChI is InChI=1S/C16H23IN2O2/c1-16(2,3)21-15(20)19-9-5-8-14(19)11-18-13-7-4-6-12(17)10-13/h4,6-7,10,14,18H,5,8-9,11H2,1-3H3. The maximum atomic E-state index is 12.2. The third-order valence-corrected chi connectivity index (χ3v) is 4.04. The van der Waals surface area contributed by atoms with Crippen molar-refractivity contribution in [2.45, 2.75) is 45.3 Å². The van der Waals surface area contributed by atoms with Crippen LogP contribution in [0.1, 0.15) is 33.6 Å². The first-order valence-electron chi connectivity index (χ1n) is 7.34. The third kappa shape index (κ3) is 5.05. The molecular formula is C16H23IN2O2. The van der Waals surface area contributed by atoms with E-state index in [9.17, 15) is 4.79 Å². The summed E-state index contributed by atoms with van der Waals surface area (Å²) in [6, 6.07) is 8.46. The van der Waals surface area contributed by atoms with E-state index < -0.39 is 5.60 Å². The normalized spacial score (nSPS) is 18.7. The summed E-state index contributed by atoms with van der Waals surface area (Å²) >= 11 is 2.30. The molecule has 5 heteroatoms. The van der Waals surface area contributed by atoms with Crippen LogP contribution in [0.4, 0.5) is 10.5 Å². The first-order chi connectivity index (χ1) is 9.85. The first-order valence-corrected chi connectivity index (χ1v) is 8.42. The number of halogens is 1. The summed E-state index contributed by atoms with van der Waals surface area (Å²) in [7, 11) is 0. The second-order valence-electron chi connectivity index (χ2n) is 6.36. The van der Waals surface area contributed by atoms with E-state index in [0.29, 0.717) is 0 Å². The Hall–Kier alpha value is -0.980. The van der Waals surface area contributed by atoms with E-state index in [2.05, 4.69) is 46.1 Å². The van der Waals surface area contributed by atoms with Crippen molar-refractivity contribution in [1.82, 2.24) is 4.90 Å². The van der Waals surface area contributed by atoms with Gasteiger partial charge in [0.05, 0.1) is 6.04 Å². The lowest BCUT2D eigenvalue weighted by Gasteiger charge is -2.29. The Morgan fingerprint density at radius 1 is 1.48 bits per heavy atom. The van der Waals surface area contributed by atoms with Crippen LogP contribution >= 0.6 is 22.6 Å². The van der Waals surface area contributed by atoms with Gasteiger partial charge in [0.25, 0.3) is 0 Å². The average Bonchev–Trinajstić information content (AvgIpc) is 2.83. The molecule has 116 valence electrons. The molecule has 1 aromatic rings. The number of nitrogens with zero attached hydrogens (tertiary/aromatic N) is 1. The summed E-state index contributed by atoms with van der Waals surface area (Å²) in [5.41, 5.74) is 0.658. The highest BCUT2D eigenvalue weighted by Gasteiger charge is 2.31. The van der Waals surface area contributed by atoms with Gasteiger partial charge in [-0.25, -0.2) is 4.79 Å². The molecule has 1 aliphatic heterocycles. The van der Waals surface area contributed by atoms with Gasteiger partial charge in [-0.1, -0.05) is 6.07 Å². The lowest BCUT2D eigenvalue weighted by molar-refractivity contribution is 0.0235. The molecule has 0 aromatic heterocycles. The number of hydrogen-bond donors (Lipinski definition) is 1. The van der Waals surface area contributed by atoms with Crippen LogP contribution < -0.4 is 5.32 Å². The molecule has 1 saturated heterocycles. The molecule has 1 heterocycles. The zero-order valence-electron chi connectivity index (χ0n) is 12.9. The van der Waals surface area contributed by atoms with E-state index >= 15 is 0 Å². The van der Waals surface area contributed by atoms with Gasteiger partial charge in [-0.05, 0) is 74.4 Å². The highest BCUT2D eigenvalue weighted by Crippen LogP contribution is 2.21. The van der Waals surface area contributed by atoms with Gasteiger partial charge in [0.2, 0.25) is 0 Å². The Balaban J connectivity index is 1.91. The molecule has 1 unspecified atom stereocenters. The van der Waals surface area contributed by atoms with Crippen molar-refractivity contribution in [3.05, 3.63) is 27.8 Å². The zero-order chi connectivity index (χ0) is 15.5. The van der Waals surface area contributed by atoms with Crippen LogP contribution in [0.3, 0.4) is 0 Å². The SMILES string of the molecule is CC(C)(C)OC(=O)N1CCCC1CNc1cccc(I)c1. The van der Waals surface area contributed by atoms with Gasteiger partial charge in [0.1, 0.15) is 5.60 Å². The van der Waals surface area contributed by atoms with Crippen molar-refractivity contribution >= 4 is 34.4 Å². The fourth-order valence-electron chi connectivity index (χ4n) is 2.44. The largest absolute Gasteiger partial charge is 0.444 e. The number of rotatable bonds is 3. The van der Waals surface area contributed by atoms with E-state index in [-0.39, 0.29) is 12.1 Å². The van der Waals surface area contributed by atoms with Crippen LogP contribution in [-0.2, 0) is 4.74 Å². The van der Waals surface area contributed by atoms with Gasteiger partial charge in [0, 0.05) is 22.3 Å². The minimum atomic E-state index is -0.437. The second kappa shape index (κ2) is 6.85. The monoisotopic (exact) mass is 402 g/mol. The van der Waals surface area contributed by atoms with Gasteiger partial charge < -0.3 is 15.0 Å². The van der Waals surface area contributed by atoms with Crippen molar-refractivity contribution < 1.29 is 9.53 Å². The summed E-state index contributed by atoms with van der Waals surface area (Å²) in [5.74, 6) is 0. The molecular weight excluding hydrogens is 379 g/mol. The summed E-state index contributed by atoms with van der Waals surface area (Å²) in [5, 5.41) is 3.42. The number of likely N-dealkylation sites (tertiary alicyclic amines) is 1. The molecule has 0 aliphatic carbocycles.